The van der Waals surface area contributed by atoms with Crippen LogP contribution in [0, 0.1) is 0 Å². The van der Waals surface area contributed by atoms with Gasteiger partial charge in [0.2, 0.25) is 0 Å². The van der Waals surface area contributed by atoms with E-state index in [0.717, 1.165) is 36.5 Å². The summed E-state index contributed by atoms with van der Waals surface area (Å²) in [6.45, 7) is 1.78. The highest BCUT2D eigenvalue weighted by Crippen LogP contribution is 2.36. The number of urea groups is 1. The molecule has 4 rings (SSSR count). The molecule has 0 saturated carbocycles. The SMILES string of the molecule is COc1ccc(C2NC(=O)N(C)C3=C2C(=O)N(CC2CCCO2)C3)cc1. The zero-order valence-corrected chi connectivity index (χ0v) is 15.0. The molecule has 3 heterocycles. The normalized spacial score (nSPS) is 25.6. The highest BCUT2D eigenvalue weighted by molar-refractivity contribution is 6.01. The van der Waals surface area contributed by atoms with Crippen molar-refractivity contribution in [2.75, 3.05) is 33.9 Å². The average Bonchev–Trinajstić information content (AvgIpc) is 3.28. The minimum atomic E-state index is -0.443. The van der Waals surface area contributed by atoms with Crippen LogP contribution in [0.1, 0.15) is 24.4 Å². The van der Waals surface area contributed by atoms with Gasteiger partial charge in [-0.1, -0.05) is 12.1 Å². The third kappa shape index (κ3) is 2.82. The van der Waals surface area contributed by atoms with Crippen molar-refractivity contribution in [1.29, 1.82) is 0 Å². The number of carbonyl (C=O) groups is 2. The number of nitrogens with zero attached hydrogens (tertiary/aromatic N) is 2. The lowest BCUT2D eigenvalue weighted by Crippen LogP contribution is -2.45. The van der Waals surface area contributed by atoms with Gasteiger partial charge >= 0.3 is 6.03 Å². The van der Waals surface area contributed by atoms with Gasteiger partial charge in [0.05, 0.1) is 37.1 Å². The van der Waals surface area contributed by atoms with E-state index >= 15 is 0 Å². The summed E-state index contributed by atoms with van der Waals surface area (Å²) >= 11 is 0. The van der Waals surface area contributed by atoms with Gasteiger partial charge in [0.25, 0.3) is 5.91 Å². The molecule has 0 bridgehead atoms. The maximum absolute atomic E-state index is 13.1. The van der Waals surface area contributed by atoms with E-state index in [1.165, 1.54) is 0 Å². The van der Waals surface area contributed by atoms with Crippen LogP contribution in [0.5, 0.6) is 5.75 Å². The lowest BCUT2D eigenvalue weighted by Gasteiger charge is -2.31. The van der Waals surface area contributed by atoms with Crippen molar-refractivity contribution < 1.29 is 19.1 Å². The average molecular weight is 357 g/mol. The Labute approximate surface area is 152 Å². The quantitative estimate of drug-likeness (QED) is 0.890. The van der Waals surface area contributed by atoms with E-state index in [2.05, 4.69) is 5.32 Å². The first-order chi connectivity index (χ1) is 12.6. The first-order valence-corrected chi connectivity index (χ1v) is 8.90. The number of amides is 3. The van der Waals surface area contributed by atoms with Crippen molar-refractivity contribution in [3.05, 3.63) is 41.1 Å². The van der Waals surface area contributed by atoms with Crippen LogP contribution in [-0.2, 0) is 9.53 Å². The summed E-state index contributed by atoms with van der Waals surface area (Å²) < 4.78 is 10.9. The number of methoxy groups -OCH3 is 1. The lowest BCUT2D eigenvalue weighted by atomic mass is 9.95. The Balaban J connectivity index is 1.62. The number of carbonyl (C=O) groups excluding carboxylic acids is 2. The Kier molecular flexibility index (Phi) is 4.32. The second kappa shape index (κ2) is 6.64. The molecule has 1 aromatic rings. The van der Waals surface area contributed by atoms with Crippen molar-refractivity contribution in [3.63, 3.8) is 0 Å². The lowest BCUT2D eigenvalue weighted by molar-refractivity contribution is -0.127. The molecular formula is C19H23N3O4. The van der Waals surface area contributed by atoms with Gasteiger partial charge in [-0.25, -0.2) is 4.79 Å². The summed E-state index contributed by atoms with van der Waals surface area (Å²) in [7, 11) is 3.31. The number of hydrogen-bond acceptors (Lipinski definition) is 4. The van der Waals surface area contributed by atoms with Gasteiger partial charge in [-0.3, -0.25) is 9.69 Å². The number of rotatable bonds is 4. The fraction of sp³-hybridized carbons (Fsp3) is 0.474. The minimum absolute atomic E-state index is 0.0248. The monoisotopic (exact) mass is 357 g/mol. The number of nitrogens with one attached hydrogen (secondary N) is 1. The van der Waals surface area contributed by atoms with E-state index in [1.807, 2.05) is 24.3 Å². The van der Waals surface area contributed by atoms with Crippen molar-refractivity contribution >= 4 is 11.9 Å². The minimum Gasteiger partial charge on any atom is -0.497 e. The van der Waals surface area contributed by atoms with Crippen molar-refractivity contribution in [3.8, 4) is 5.75 Å². The Morgan fingerprint density at radius 3 is 2.69 bits per heavy atom. The molecule has 1 aromatic carbocycles. The van der Waals surface area contributed by atoms with E-state index in [1.54, 1.807) is 24.0 Å². The highest BCUT2D eigenvalue weighted by atomic mass is 16.5. The zero-order valence-electron chi connectivity index (χ0n) is 15.0. The fourth-order valence-corrected chi connectivity index (χ4v) is 3.85. The smallest absolute Gasteiger partial charge is 0.322 e. The van der Waals surface area contributed by atoms with Gasteiger partial charge in [-0.05, 0) is 30.5 Å². The molecule has 138 valence electrons. The Morgan fingerprint density at radius 1 is 1.27 bits per heavy atom. The van der Waals surface area contributed by atoms with E-state index < -0.39 is 6.04 Å². The molecule has 0 aromatic heterocycles. The Morgan fingerprint density at radius 2 is 2.04 bits per heavy atom. The van der Waals surface area contributed by atoms with Crippen LogP contribution in [0.2, 0.25) is 0 Å². The van der Waals surface area contributed by atoms with E-state index in [9.17, 15) is 9.59 Å². The molecule has 3 aliphatic rings. The Bertz CT molecular complexity index is 753. The van der Waals surface area contributed by atoms with Gasteiger partial charge in [0.15, 0.2) is 0 Å². The van der Waals surface area contributed by atoms with Gasteiger partial charge in [0, 0.05) is 20.2 Å². The predicted octanol–water partition coefficient (Wildman–Crippen LogP) is 1.67. The number of hydrogen-bond donors (Lipinski definition) is 1. The summed E-state index contributed by atoms with van der Waals surface area (Å²) in [6.07, 6.45) is 2.10. The molecule has 7 nitrogen and oxygen atoms in total. The first-order valence-electron chi connectivity index (χ1n) is 8.90. The van der Waals surface area contributed by atoms with E-state index in [-0.39, 0.29) is 18.0 Å². The summed E-state index contributed by atoms with van der Waals surface area (Å²) in [5.74, 6) is 0.711. The molecule has 3 amide bonds. The van der Waals surface area contributed by atoms with Crippen molar-refractivity contribution in [1.82, 2.24) is 15.1 Å². The van der Waals surface area contributed by atoms with Crippen LogP contribution in [0.3, 0.4) is 0 Å². The number of likely N-dealkylation sites (N-methyl/N-ethyl adjacent to an activating group) is 1. The number of benzene rings is 1. The van der Waals surface area contributed by atoms with Crippen LogP contribution in [0.4, 0.5) is 4.79 Å². The summed E-state index contributed by atoms with van der Waals surface area (Å²) in [4.78, 5) is 28.8. The van der Waals surface area contributed by atoms with Crippen LogP contribution < -0.4 is 10.1 Å². The van der Waals surface area contributed by atoms with Crippen LogP contribution in [0.25, 0.3) is 0 Å². The molecule has 1 fully saturated rings. The van der Waals surface area contributed by atoms with Crippen LogP contribution >= 0.6 is 0 Å². The van der Waals surface area contributed by atoms with Crippen molar-refractivity contribution in [2.45, 2.75) is 25.0 Å². The number of ether oxygens (including phenoxy) is 2. The topological polar surface area (TPSA) is 71.1 Å². The van der Waals surface area contributed by atoms with Crippen LogP contribution in [-0.4, -0.2) is 61.7 Å². The maximum Gasteiger partial charge on any atom is 0.322 e. The molecule has 0 aliphatic carbocycles. The predicted molar refractivity (Wildman–Crippen MR) is 94.6 cm³/mol. The molecule has 7 heteroatoms. The van der Waals surface area contributed by atoms with E-state index in [4.69, 9.17) is 9.47 Å². The zero-order chi connectivity index (χ0) is 18.3. The van der Waals surface area contributed by atoms with Gasteiger partial charge in [-0.2, -0.15) is 0 Å². The molecule has 26 heavy (non-hydrogen) atoms. The van der Waals surface area contributed by atoms with E-state index in [0.29, 0.717) is 18.7 Å². The summed E-state index contributed by atoms with van der Waals surface area (Å²) in [5.41, 5.74) is 2.29. The molecule has 1 N–H and O–H groups in total. The fourth-order valence-electron chi connectivity index (χ4n) is 3.85. The second-order valence-corrected chi connectivity index (χ2v) is 6.90. The third-order valence-electron chi connectivity index (χ3n) is 5.33. The largest absolute Gasteiger partial charge is 0.497 e. The molecule has 0 radical (unpaired) electrons. The standard InChI is InChI=1S/C19H23N3O4/c1-21-15-11-22(10-14-4-3-9-26-14)18(23)16(15)17(20-19(21)24)12-5-7-13(25-2)8-6-12/h5-8,14,17H,3-4,9-11H2,1-2H3,(H,20,24). The second-order valence-electron chi connectivity index (χ2n) is 6.90. The van der Waals surface area contributed by atoms with Gasteiger partial charge in [-0.15, -0.1) is 0 Å². The summed E-state index contributed by atoms with van der Waals surface area (Å²) in [6, 6.07) is 6.80. The van der Waals surface area contributed by atoms with Crippen molar-refractivity contribution in [2.24, 2.45) is 0 Å². The maximum atomic E-state index is 13.1. The summed E-state index contributed by atoms with van der Waals surface area (Å²) in [5, 5.41) is 2.95. The third-order valence-corrected chi connectivity index (χ3v) is 5.33. The highest BCUT2D eigenvalue weighted by Gasteiger charge is 2.43. The van der Waals surface area contributed by atoms with Gasteiger partial charge < -0.3 is 19.7 Å². The molecule has 3 aliphatic heterocycles. The first kappa shape index (κ1) is 16.9. The molecule has 0 spiro atoms. The molecule has 2 atom stereocenters. The molecular weight excluding hydrogens is 334 g/mol. The molecule has 2 unspecified atom stereocenters. The van der Waals surface area contributed by atoms with Crippen LogP contribution in [0.15, 0.2) is 35.5 Å². The molecule has 1 saturated heterocycles. The van der Waals surface area contributed by atoms with Gasteiger partial charge in [0.1, 0.15) is 5.75 Å². The Hall–Kier alpha value is -2.54.